The Labute approximate surface area is 167 Å². The van der Waals surface area contributed by atoms with Crippen molar-refractivity contribution in [3.05, 3.63) is 65.5 Å². The number of methoxy groups -OCH3 is 1. The van der Waals surface area contributed by atoms with E-state index in [0.29, 0.717) is 23.7 Å². The fraction of sp³-hybridized carbons (Fsp3) is 0.238. The number of carbonyl (C=O) groups is 2. The SMILES string of the molecule is COc1cccc(C(=O)Nc2nnc([C@H]3CC(=O)N(c4ccc(C)cc4)C3)o2)c1. The molecule has 1 aliphatic heterocycles. The molecule has 0 spiro atoms. The van der Waals surface area contributed by atoms with Crippen LogP contribution in [0.15, 0.2) is 52.9 Å². The second-order valence-electron chi connectivity index (χ2n) is 6.87. The molecule has 0 unspecified atom stereocenters. The van der Waals surface area contributed by atoms with Crippen LogP contribution in [-0.4, -0.2) is 35.7 Å². The molecule has 29 heavy (non-hydrogen) atoms. The first-order valence-corrected chi connectivity index (χ1v) is 9.19. The van der Waals surface area contributed by atoms with Crippen LogP contribution in [0, 0.1) is 6.92 Å². The van der Waals surface area contributed by atoms with E-state index < -0.39 is 0 Å². The second kappa shape index (κ2) is 7.75. The number of nitrogens with zero attached hydrogens (tertiary/aromatic N) is 3. The largest absolute Gasteiger partial charge is 0.497 e. The number of benzene rings is 2. The molecule has 148 valence electrons. The van der Waals surface area contributed by atoms with Gasteiger partial charge in [0, 0.05) is 24.2 Å². The summed E-state index contributed by atoms with van der Waals surface area (Å²) in [5, 5.41) is 10.5. The molecule has 2 heterocycles. The summed E-state index contributed by atoms with van der Waals surface area (Å²) in [6.07, 6.45) is 0.277. The number of nitrogens with one attached hydrogen (secondary N) is 1. The van der Waals surface area contributed by atoms with Crippen LogP contribution in [-0.2, 0) is 4.79 Å². The van der Waals surface area contributed by atoms with Gasteiger partial charge in [-0.1, -0.05) is 28.9 Å². The lowest BCUT2D eigenvalue weighted by Gasteiger charge is -2.16. The maximum Gasteiger partial charge on any atom is 0.322 e. The van der Waals surface area contributed by atoms with Gasteiger partial charge in [0.2, 0.25) is 11.8 Å². The van der Waals surface area contributed by atoms with Gasteiger partial charge in [-0.25, -0.2) is 0 Å². The Bertz CT molecular complexity index is 1040. The average molecular weight is 392 g/mol. The minimum Gasteiger partial charge on any atom is -0.497 e. The lowest BCUT2D eigenvalue weighted by atomic mass is 10.1. The lowest BCUT2D eigenvalue weighted by molar-refractivity contribution is -0.117. The fourth-order valence-corrected chi connectivity index (χ4v) is 3.23. The number of aryl methyl sites for hydroxylation is 1. The molecule has 0 aliphatic carbocycles. The molecule has 1 aliphatic rings. The molecule has 4 rings (SSSR count). The molecular formula is C21H20N4O4. The summed E-state index contributed by atoms with van der Waals surface area (Å²) < 4.78 is 10.7. The van der Waals surface area contributed by atoms with E-state index in [2.05, 4.69) is 15.5 Å². The van der Waals surface area contributed by atoms with Crippen molar-refractivity contribution in [3.63, 3.8) is 0 Å². The van der Waals surface area contributed by atoms with Crippen LogP contribution in [0.2, 0.25) is 0 Å². The van der Waals surface area contributed by atoms with Crippen LogP contribution in [0.25, 0.3) is 0 Å². The van der Waals surface area contributed by atoms with E-state index in [0.717, 1.165) is 11.3 Å². The van der Waals surface area contributed by atoms with Crippen LogP contribution in [0.3, 0.4) is 0 Å². The highest BCUT2D eigenvalue weighted by atomic mass is 16.5. The summed E-state index contributed by atoms with van der Waals surface area (Å²) in [5.74, 6) is 0.291. The highest BCUT2D eigenvalue weighted by Gasteiger charge is 2.35. The Kier molecular flexibility index (Phi) is 4.99. The van der Waals surface area contributed by atoms with E-state index >= 15 is 0 Å². The van der Waals surface area contributed by atoms with Gasteiger partial charge >= 0.3 is 6.01 Å². The topological polar surface area (TPSA) is 97.6 Å². The van der Waals surface area contributed by atoms with Crippen LogP contribution in [0.4, 0.5) is 11.7 Å². The van der Waals surface area contributed by atoms with Crippen LogP contribution < -0.4 is 15.0 Å². The number of anilines is 2. The number of aromatic nitrogens is 2. The highest BCUT2D eigenvalue weighted by Crippen LogP contribution is 2.31. The summed E-state index contributed by atoms with van der Waals surface area (Å²) >= 11 is 0. The smallest absolute Gasteiger partial charge is 0.322 e. The quantitative estimate of drug-likeness (QED) is 0.716. The van der Waals surface area contributed by atoms with Gasteiger partial charge in [-0.15, -0.1) is 5.10 Å². The molecule has 2 amide bonds. The zero-order valence-electron chi connectivity index (χ0n) is 16.1. The van der Waals surface area contributed by atoms with Gasteiger partial charge in [0.05, 0.1) is 13.0 Å². The predicted octanol–water partition coefficient (Wildman–Crippen LogP) is 3.16. The first-order valence-electron chi connectivity index (χ1n) is 9.19. The van der Waals surface area contributed by atoms with Gasteiger partial charge in [-0.05, 0) is 37.3 Å². The third-order valence-electron chi connectivity index (χ3n) is 4.81. The van der Waals surface area contributed by atoms with Crippen LogP contribution in [0.1, 0.15) is 34.2 Å². The number of hydrogen-bond donors (Lipinski definition) is 1. The van der Waals surface area contributed by atoms with Crippen molar-refractivity contribution in [2.24, 2.45) is 0 Å². The fourth-order valence-electron chi connectivity index (χ4n) is 3.23. The zero-order chi connectivity index (χ0) is 20.4. The van der Waals surface area contributed by atoms with Crippen molar-refractivity contribution in [1.29, 1.82) is 0 Å². The number of amides is 2. The Morgan fingerprint density at radius 1 is 1.21 bits per heavy atom. The first-order chi connectivity index (χ1) is 14.0. The molecule has 8 heteroatoms. The molecule has 3 aromatic rings. The number of carbonyl (C=O) groups excluding carboxylic acids is 2. The minimum atomic E-state index is -0.386. The Hall–Kier alpha value is -3.68. The standard InChI is InChI=1S/C21H20N4O4/c1-13-6-8-16(9-7-13)25-12-15(11-18(25)26)20-23-24-21(29-20)22-19(27)14-4-3-5-17(10-14)28-2/h3-10,15H,11-12H2,1-2H3,(H,22,24,27)/t15-/m0/s1. The van der Waals surface area contributed by atoms with E-state index in [1.807, 2.05) is 31.2 Å². The molecule has 1 atom stereocenters. The van der Waals surface area contributed by atoms with Crippen LogP contribution in [0.5, 0.6) is 5.75 Å². The van der Waals surface area contributed by atoms with E-state index in [1.165, 1.54) is 7.11 Å². The van der Waals surface area contributed by atoms with Gasteiger partial charge < -0.3 is 14.1 Å². The molecule has 8 nitrogen and oxygen atoms in total. The van der Waals surface area contributed by atoms with E-state index in [1.54, 1.807) is 29.2 Å². The molecule has 2 aromatic carbocycles. The lowest BCUT2D eigenvalue weighted by Crippen LogP contribution is -2.24. The van der Waals surface area contributed by atoms with E-state index in [4.69, 9.17) is 9.15 Å². The van der Waals surface area contributed by atoms with Gasteiger partial charge in [0.15, 0.2) is 0 Å². The van der Waals surface area contributed by atoms with Crippen molar-refractivity contribution >= 4 is 23.5 Å². The van der Waals surface area contributed by atoms with Gasteiger partial charge in [-0.3, -0.25) is 14.9 Å². The Balaban J connectivity index is 1.44. The molecule has 1 fully saturated rings. The number of rotatable bonds is 5. The summed E-state index contributed by atoms with van der Waals surface area (Å²) in [7, 11) is 1.53. The molecule has 0 radical (unpaired) electrons. The summed E-state index contributed by atoms with van der Waals surface area (Å²) in [6.45, 7) is 2.45. The van der Waals surface area contributed by atoms with Crippen molar-refractivity contribution in [2.45, 2.75) is 19.3 Å². The molecule has 1 saturated heterocycles. The predicted molar refractivity (Wildman–Crippen MR) is 106 cm³/mol. The number of hydrogen-bond acceptors (Lipinski definition) is 6. The minimum absolute atomic E-state index is 0.000908. The molecule has 0 saturated carbocycles. The summed E-state index contributed by atoms with van der Waals surface area (Å²) in [5.41, 5.74) is 2.38. The average Bonchev–Trinajstić information content (AvgIpc) is 3.35. The molecular weight excluding hydrogens is 372 g/mol. The van der Waals surface area contributed by atoms with Crippen molar-refractivity contribution < 1.29 is 18.7 Å². The van der Waals surface area contributed by atoms with E-state index in [9.17, 15) is 9.59 Å². The maximum absolute atomic E-state index is 12.4. The molecule has 0 bridgehead atoms. The zero-order valence-corrected chi connectivity index (χ0v) is 16.1. The second-order valence-corrected chi connectivity index (χ2v) is 6.87. The maximum atomic E-state index is 12.4. The first kappa shape index (κ1) is 18.7. The van der Waals surface area contributed by atoms with Gasteiger partial charge in [0.25, 0.3) is 5.91 Å². The third kappa shape index (κ3) is 3.96. The van der Waals surface area contributed by atoms with Crippen molar-refractivity contribution in [2.75, 3.05) is 23.9 Å². The summed E-state index contributed by atoms with van der Waals surface area (Å²) in [4.78, 5) is 26.5. The normalized spacial score (nSPS) is 16.1. The van der Waals surface area contributed by atoms with E-state index in [-0.39, 0.29) is 30.2 Å². The van der Waals surface area contributed by atoms with Crippen molar-refractivity contribution in [1.82, 2.24) is 10.2 Å². The monoisotopic (exact) mass is 392 g/mol. The number of ether oxygens (including phenoxy) is 1. The Morgan fingerprint density at radius 2 is 2.00 bits per heavy atom. The summed E-state index contributed by atoms with van der Waals surface area (Å²) in [6, 6.07) is 14.5. The molecule has 1 aromatic heterocycles. The van der Waals surface area contributed by atoms with Crippen LogP contribution >= 0.6 is 0 Å². The molecule has 1 N–H and O–H groups in total. The van der Waals surface area contributed by atoms with Gasteiger partial charge in [0.1, 0.15) is 5.75 Å². The van der Waals surface area contributed by atoms with Crippen molar-refractivity contribution in [3.8, 4) is 5.75 Å². The Morgan fingerprint density at radius 3 is 2.76 bits per heavy atom. The third-order valence-corrected chi connectivity index (χ3v) is 4.81. The highest BCUT2D eigenvalue weighted by molar-refractivity contribution is 6.03. The van der Waals surface area contributed by atoms with Gasteiger partial charge in [-0.2, -0.15) is 0 Å².